The van der Waals surface area contributed by atoms with E-state index in [0.29, 0.717) is 52.5 Å². The van der Waals surface area contributed by atoms with E-state index in [0.717, 1.165) is 11.1 Å². The fourth-order valence-corrected chi connectivity index (χ4v) is 4.02. The average Bonchev–Trinajstić information content (AvgIpc) is 3.42. The zero-order valence-corrected chi connectivity index (χ0v) is 19.8. The Morgan fingerprint density at radius 2 is 1.79 bits per heavy atom. The molecular formula is C26H23ClN4O3. The molecule has 0 bridgehead atoms. The van der Waals surface area contributed by atoms with E-state index < -0.39 is 0 Å². The van der Waals surface area contributed by atoms with Crippen molar-refractivity contribution in [1.29, 1.82) is 0 Å². The van der Waals surface area contributed by atoms with Gasteiger partial charge in [-0.3, -0.25) is 4.79 Å². The molecule has 0 aliphatic rings. The Bertz CT molecular complexity index is 1550. The van der Waals surface area contributed by atoms with Gasteiger partial charge >= 0.3 is 0 Å². The Hall–Kier alpha value is -3.84. The smallest absolute Gasteiger partial charge is 0.276 e. The lowest BCUT2D eigenvalue weighted by Gasteiger charge is -2.06. The highest BCUT2D eigenvalue weighted by Gasteiger charge is 2.15. The number of nitrogens with zero attached hydrogens (tertiary/aromatic N) is 4. The van der Waals surface area contributed by atoms with Crippen molar-refractivity contribution < 1.29 is 9.15 Å². The summed E-state index contributed by atoms with van der Waals surface area (Å²) in [5, 5.41) is 5.05. The Kier molecular flexibility index (Phi) is 5.71. The lowest BCUT2D eigenvalue weighted by Crippen LogP contribution is -2.22. The van der Waals surface area contributed by atoms with Crippen LogP contribution in [0, 0.1) is 13.8 Å². The van der Waals surface area contributed by atoms with Crippen LogP contribution in [0.4, 0.5) is 0 Å². The van der Waals surface area contributed by atoms with E-state index in [1.807, 2.05) is 57.2 Å². The largest absolute Gasteiger partial charge is 0.492 e. The molecule has 0 N–H and O–H groups in total. The fraction of sp³-hybridized carbons (Fsp3) is 0.192. The summed E-state index contributed by atoms with van der Waals surface area (Å²) in [6, 6.07) is 15.2. The number of benzene rings is 2. The minimum Gasteiger partial charge on any atom is -0.492 e. The molecule has 5 aromatic rings. The molecule has 0 unspecified atom stereocenters. The summed E-state index contributed by atoms with van der Waals surface area (Å²) in [6.45, 7) is 6.62. The van der Waals surface area contributed by atoms with Crippen LogP contribution < -0.4 is 10.3 Å². The number of ether oxygens (including phenoxy) is 1. The molecule has 3 aromatic heterocycles. The molecule has 0 atom stereocenters. The van der Waals surface area contributed by atoms with E-state index in [4.69, 9.17) is 20.8 Å². The Labute approximate surface area is 201 Å². The summed E-state index contributed by atoms with van der Waals surface area (Å²) in [5.41, 5.74) is 4.52. The molecule has 5 rings (SSSR count). The first-order chi connectivity index (χ1) is 16.4. The first-order valence-corrected chi connectivity index (χ1v) is 11.4. The second-order valence-corrected chi connectivity index (χ2v) is 8.46. The predicted molar refractivity (Wildman–Crippen MR) is 132 cm³/mol. The van der Waals surface area contributed by atoms with Crippen LogP contribution in [-0.2, 0) is 6.54 Å². The van der Waals surface area contributed by atoms with Crippen molar-refractivity contribution in [1.82, 2.24) is 19.2 Å². The van der Waals surface area contributed by atoms with Gasteiger partial charge < -0.3 is 13.7 Å². The average molecular weight is 475 g/mol. The second kappa shape index (κ2) is 8.83. The third-order valence-corrected chi connectivity index (χ3v) is 5.94. The quantitative estimate of drug-likeness (QED) is 0.323. The third-order valence-electron chi connectivity index (χ3n) is 5.64. The highest BCUT2D eigenvalue weighted by molar-refractivity contribution is 6.32. The van der Waals surface area contributed by atoms with E-state index >= 15 is 0 Å². The van der Waals surface area contributed by atoms with Gasteiger partial charge in [-0.15, -0.1) is 0 Å². The predicted octanol–water partition coefficient (Wildman–Crippen LogP) is 5.54. The number of hydrogen-bond donors (Lipinski definition) is 0. The van der Waals surface area contributed by atoms with Gasteiger partial charge in [-0.2, -0.15) is 5.10 Å². The van der Waals surface area contributed by atoms with E-state index in [2.05, 4.69) is 10.1 Å². The van der Waals surface area contributed by atoms with Crippen LogP contribution >= 0.6 is 11.6 Å². The first kappa shape index (κ1) is 22.0. The van der Waals surface area contributed by atoms with Crippen LogP contribution in [0.2, 0.25) is 5.02 Å². The van der Waals surface area contributed by atoms with Crippen molar-refractivity contribution in [2.45, 2.75) is 27.3 Å². The molecule has 7 nitrogen and oxygen atoms in total. The van der Waals surface area contributed by atoms with Crippen LogP contribution in [0.3, 0.4) is 0 Å². The first-order valence-electron chi connectivity index (χ1n) is 11.0. The minimum absolute atomic E-state index is 0.169. The highest BCUT2D eigenvalue weighted by atomic mass is 35.5. The van der Waals surface area contributed by atoms with Crippen molar-refractivity contribution >= 4 is 17.1 Å². The molecule has 8 heteroatoms. The number of hydrogen-bond acceptors (Lipinski definition) is 5. The summed E-state index contributed by atoms with van der Waals surface area (Å²) < 4.78 is 14.6. The van der Waals surface area contributed by atoms with E-state index in [-0.39, 0.29) is 5.56 Å². The van der Waals surface area contributed by atoms with Gasteiger partial charge in [0.05, 0.1) is 23.9 Å². The van der Waals surface area contributed by atoms with Crippen LogP contribution in [0.5, 0.6) is 5.75 Å². The zero-order chi connectivity index (χ0) is 23.8. The molecule has 0 fully saturated rings. The van der Waals surface area contributed by atoms with E-state index in [9.17, 15) is 4.79 Å². The Morgan fingerprint density at radius 3 is 2.53 bits per heavy atom. The van der Waals surface area contributed by atoms with Gasteiger partial charge in [0, 0.05) is 23.5 Å². The van der Waals surface area contributed by atoms with Crippen LogP contribution in [-0.4, -0.2) is 25.8 Å². The maximum absolute atomic E-state index is 13.2. The number of fused-ring (bicyclic) bond motifs is 1. The summed E-state index contributed by atoms with van der Waals surface area (Å²) in [5.74, 6) is 1.84. The number of rotatable bonds is 6. The molecular weight excluding hydrogens is 452 g/mol. The Balaban J connectivity index is 1.46. The molecule has 0 spiro atoms. The topological polar surface area (TPSA) is 74.6 Å². The van der Waals surface area contributed by atoms with Crippen LogP contribution in [0.15, 0.2) is 70.1 Å². The van der Waals surface area contributed by atoms with Gasteiger partial charge in [0.25, 0.3) is 5.56 Å². The molecule has 0 saturated carbocycles. The van der Waals surface area contributed by atoms with Gasteiger partial charge in [0.1, 0.15) is 22.7 Å². The molecule has 3 heterocycles. The zero-order valence-electron chi connectivity index (χ0n) is 19.1. The van der Waals surface area contributed by atoms with Crippen LogP contribution in [0.25, 0.3) is 28.2 Å². The summed E-state index contributed by atoms with van der Waals surface area (Å²) >= 11 is 6.33. The molecule has 0 aliphatic carbocycles. The molecule has 0 radical (unpaired) electrons. The van der Waals surface area contributed by atoms with Gasteiger partial charge in [0.15, 0.2) is 0 Å². The van der Waals surface area contributed by atoms with Crippen molar-refractivity contribution in [2.24, 2.45) is 0 Å². The monoisotopic (exact) mass is 474 g/mol. The molecule has 34 heavy (non-hydrogen) atoms. The molecule has 0 amide bonds. The van der Waals surface area contributed by atoms with E-state index in [1.165, 1.54) is 5.56 Å². The maximum Gasteiger partial charge on any atom is 0.276 e. The van der Waals surface area contributed by atoms with Gasteiger partial charge in [0.2, 0.25) is 5.89 Å². The number of aromatic nitrogens is 4. The number of halogens is 1. The summed E-state index contributed by atoms with van der Waals surface area (Å²) in [6.07, 6.45) is 3.46. The lowest BCUT2D eigenvalue weighted by molar-refractivity contribution is 0.340. The fourth-order valence-electron chi connectivity index (χ4n) is 3.78. The highest BCUT2D eigenvalue weighted by Crippen LogP contribution is 2.30. The van der Waals surface area contributed by atoms with Gasteiger partial charge in [-0.25, -0.2) is 9.50 Å². The van der Waals surface area contributed by atoms with Gasteiger partial charge in [-0.05, 0) is 57.2 Å². The molecule has 2 aromatic carbocycles. The standard InChI is InChI=1S/C26H23ClN4O3/c1-4-33-24-10-9-19(13-20(24)27)21-14-23-26(32)30(11-12-31(23)29-21)15-22-17(3)34-25(28-22)18-7-5-16(2)6-8-18/h5-14H,4,15H2,1-3H3. The van der Waals surface area contributed by atoms with Crippen molar-refractivity contribution in [3.63, 3.8) is 0 Å². The Morgan fingerprint density at radius 1 is 1.03 bits per heavy atom. The van der Waals surface area contributed by atoms with Crippen molar-refractivity contribution in [3.8, 4) is 28.5 Å². The second-order valence-electron chi connectivity index (χ2n) is 8.06. The molecule has 0 aliphatic heterocycles. The lowest BCUT2D eigenvalue weighted by atomic mass is 10.1. The normalized spacial score (nSPS) is 11.3. The minimum atomic E-state index is -0.169. The maximum atomic E-state index is 13.2. The molecule has 172 valence electrons. The summed E-state index contributed by atoms with van der Waals surface area (Å²) in [4.78, 5) is 17.8. The van der Waals surface area contributed by atoms with E-state index in [1.54, 1.807) is 33.6 Å². The molecule has 0 saturated heterocycles. The van der Waals surface area contributed by atoms with Crippen molar-refractivity contribution in [3.05, 3.63) is 93.3 Å². The van der Waals surface area contributed by atoms with Crippen molar-refractivity contribution in [2.75, 3.05) is 6.61 Å². The van der Waals surface area contributed by atoms with Crippen LogP contribution in [0.1, 0.15) is 23.9 Å². The summed E-state index contributed by atoms with van der Waals surface area (Å²) in [7, 11) is 0. The number of oxazole rings is 1. The number of aryl methyl sites for hydroxylation is 2. The third kappa shape index (κ3) is 4.10. The SMILES string of the molecule is CCOc1ccc(-c2cc3c(=O)n(Cc4nc(-c5ccc(C)cc5)oc4C)ccn3n2)cc1Cl. The van der Waals surface area contributed by atoms with Gasteiger partial charge in [-0.1, -0.05) is 29.3 Å².